The highest BCUT2D eigenvalue weighted by Gasteiger charge is 2.36. The summed E-state index contributed by atoms with van der Waals surface area (Å²) in [6, 6.07) is -0.398. The number of ether oxygens (including phenoxy) is 1. The Labute approximate surface area is 114 Å². The number of nitrogens with one attached hydrogen (secondary N) is 1. The zero-order valence-electron chi connectivity index (χ0n) is 11.9. The number of carbonyl (C=O) groups excluding carboxylic acids is 2. The summed E-state index contributed by atoms with van der Waals surface area (Å²) in [5.41, 5.74) is 0.728. The van der Waals surface area contributed by atoms with Crippen LogP contribution < -0.4 is 5.32 Å². The Morgan fingerprint density at radius 3 is 2.63 bits per heavy atom. The van der Waals surface area contributed by atoms with Gasteiger partial charge in [0.15, 0.2) is 0 Å². The van der Waals surface area contributed by atoms with Gasteiger partial charge in [0.1, 0.15) is 11.6 Å². The maximum absolute atomic E-state index is 12.1. The molecule has 1 saturated carbocycles. The van der Waals surface area contributed by atoms with Gasteiger partial charge in [-0.25, -0.2) is 4.79 Å². The second-order valence-electron chi connectivity index (χ2n) is 6.14. The van der Waals surface area contributed by atoms with Crippen molar-refractivity contribution in [3.63, 3.8) is 0 Å². The lowest BCUT2D eigenvalue weighted by molar-refractivity contribution is -0.124. The van der Waals surface area contributed by atoms with Gasteiger partial charge >= 0.3 is 6.09 Å². The third kappa shape index (κ3) is 3.98. The molecule has 1 heterocycles. The maximum atomic E-state index is 12.1. The SMILES string of the molecule is CC(C)(C)OC(=O)N1CCC[C@H]1C(=O)NC=C1CC1. The number of likely N-dealkylation sites (tertiary alicyclic amines) is 1. The molecule has 0 spiro atoms. The van der Waals surface area contributed by atoms with E-state index in [0.717, 1.165) is 19.3 Å². The first kappa shape index (κ1) is 13.9. The van der Waals surface area contributed by atoms with Crippen LogP contribution >= 0.6 is 0 Å². The zero-order valence-corrected chi connectivity index (χ0v) is 11.9. The number of hydrogen-bond donors (Lipinski definition) is 1. The molecule has 0 aromatic carbocycles. The van der Waals surface area contributed by atoms with E-state index in [2.05, 4.69) is 5.32 Å². The highest BCUT2D eigenvalue weighted by atomic mass is 16.6. The molecule has 2 amide bonds. The molecule has 0 bridgehead atoms. The fourth-order valence-electron chi connectivity index (χ4n) is 2.06. The summed E-state index contributed by atoms with van der Waals surface area (Å²) in [5, 5.41) is 2.78. The van der Waals surface area contributed by atoms with Crippen LogP contribution in [0.5, 0.6) is 0 Å². The van der Waals surface area contributed by atoms with E-state index in [1.807, 2.05) is 20.8 Å². The van der Waals surface area contributed by atoms with E-state index in [9.17, 15) is 9.59 Å². The summed E-state index contributed by atoms with van der Waals surface area (Å²) in [6.07, 6.45) is 5.06. The number of allylic oxidation sites excluding steroid dienone is 1. The van der Waals surface area contributed by atoms with E-state index in [4.69, 9.17) is 4.74 Å². The minimum absolute atomic E-state index is 0.109. The smallest absolute Gasteiger partial charge is 0.410 e. The number of nitrogens with zero attached hydrogens (tertiary/aromatic N) is 1. The van der Waals surface area contributed by atoms with Gasteiger partial charge in [0.25, 0.3) is 0 Å². The summed E-state index contributed by atoms with van der Waals surface area (Å²) in [5.74, 6) is -0.109. The largest absolute Gasteiger partial charge is 0.444 e. The first-order valence-corrected chi connectivity index (χ1v) is 6.85. The Balaban J connectivity index is 1.93. The van der Waals surface area contributed by atoms with Crippen LogP contribution in [0.15, 0.2) is 11.8 Å². The fourth-order valence-corrected chi connectivity index (χ4v) is 2.06. The maximum Gasteiger partial charge on any atom is 0.410 e. The molecule has 2 rings (SSSR count). The van der Waals surface area contributed by atoms with Crippen LogP contribution in [0.25, 0.3) is 0 Å². The topological polar surface area (TPSA) is 58.6 Å². The molecule has 1 aliphatic heterocycles. The molecule has 2 fully saturated rings. The lowest BCUT2D eigenvalue weighted by Gasteiger charge is -2.27. The molecule has 5 nitrogen and oxygen atoms in total. The molecule has 0 unspecified atom stereocenters. The van der Waals surface area contributed by atoms with Crippen molar-refractivity contribution in [3.8, 4) is 0 Å². The Hall–Kier alpha value is -1.52. The lowest BCUT2D eigenvalue weighted by atomic mass is 10.2. The molecule has 0 aromatic rings. The molecule has 1 saturated heterocycles. The minimum Gasteiger partial charge on any atom is -0.444 e. The zero-order chi connectivity index (χ0) is 14.0. The van der Waals surface area contributed by atoms with Crippen LogP contribution in [0.3, 0.4) is 0 Å². The van der Waals surface area contributed by atoms with Gasteiger partial charge in [0, 0.05) is 12.7 Å². The van der Waals surface area contributed by atoms with Gasteiger partial charge in [-0.3, -0.25) is 9.69 Å². The van der Waals surface area contributed by atoms with Gasteiger partial charge < -0.3 is 10.1 Å². The average Bonchev–Trinajstić information content (AvgIpc) is 2.98. The summed E-state index contributed by atoms with van der Waals surface area (Å²) >= 11 is 0. The molecule has 5 heteroatoms. The molecule has 0 aromatic heterocycles. The molecular formula is C14H22N2O3. The summed E-state index contributed by atoms with van der Waals surface area (Å²) in [7, 11) is 0. The van der Waals surface area contributed by atoms with Gasteiger partial charge in [-0.1, -0.05) is 5.57 Å². The van der Waals surface area contributed by atoms with Crippen LogP contribution in [-0.4, -0.2) is 35.1 Å². The molecule has 1 atom stereocenters. The quantitative estimate of drug-likeness (QED) is 0.833. The molecule has 19 heavy (non-hydrogen) atoms. The van der Waals surface area contributed by atoms with Crippen LogP contribution in [0.2, 0.25) is 0 Å². The predicted molar refractivity (Wildman–Crippen MR) is 71.4 cm³/mol. The molecule has 1 N–H and O–H groups in total. The van der Waals surface area contributed by atoms with Gasteiger partial charge in [-0.15, -0.1) is 0 Å². The van der Waals surface area contributed by atoms with E-state index in [0.29, 0.717) is 13.0 Å². The second-order valence-corrected chi connectivity index (χ2v) is 6.14. The molecular weight excluding hydrogens is 244 g/mol. The highest BCUT2D eigenvalue weighted by molar-refractivity contribution is 5.87. The molecule has 0 radical (unpaired) electrons. The minimum atomic E-state index is -0.531. The van der Waals surface area contributed by atoms with Crippen LogP contribution in [0.4, 0.5) is 4.79 Å². The average molecular weight is 266 g/mol. The van der Waals surface area contributed by atoms with Crippen LogP contribution in [0, 0.1) is 0 Å². The van der Waals surface area contributed by atoms with Gasteiger partial charge in [-0.2, -0.15) is 0 Å². The number of amides is 2. The Kier molecular flexibility index (Phi) is 3.83. The van der Waals surface area contributed by atoms with Gasteiger partial charge in [0.05, 0.1) is 0 Å². The van der Waals surface area contributed by atoms with E-state index >= 15 is 0 Å². The third-order valence-electron chi connectivity index (χ3n) is 3.14. The van der Waals surface area contributed by atoms with Crippen molar-refractivity contribution in [2.75, 3.05) is 6.54 Å². The van der Waals surface area contributed by atoms with Gasteiger partial charge in [-0.05, 0) is 46.5 Å². The number of hydrogen-bond acceptors (Lipinski definition) is 3. The molecule has 106 valence electrons. The van der Waals surface area contributed by atoms with E-state index in [1.165, 1.54) is 10.5 Å². The molecule has 2 aliphatic rings. The highest BCUT2D eigenvalue weighted by Crippen LogP contribution is 2.26. The second kappa shape index (κ2) is 5.23. The Bertz CT molecular complexity index is 403. The fraction of sp³-hybridized carbons (Fsp3) is 0.714. The Morgan fingerprint density at radius 1 is 1.37 bits per heavy atom. The normalized spacial score (nSPS) is 22.2. The first-order chi connectivity index (χ1) is 8.87. The van der Waals surface area contributed by atoms with E-state index < -0.39 is 17.7 Å². The van der Waals surface area contributed by atoms with Crippen molar-refractivity contribution < 1.29 is 14.3 Å². The van der Waals surface area contributed by atoms with Crippen molar-refractivity contribution in [2.24, 2.45) is 0 Å². The predicted octanol–water partition coefficient (Wildman–Crippen LogP) is 2.18. The van der Waals surface area contributed by atoms with Crippen LogP contribution in [-0.2, 0) is 9.53 Å². The Morgan fingerprint density at radius 2 is 2.05 bits per heavy atom. The van der Waals surface area contributed by atoms with E-state index in [-0.39, 0.29) is 5.91 Å². The molecule has 1 aliphatic carbocycles. The van der Waals surface area contributed by atoms with Crippen molar-refractivity contribution in [2.45, 2.75) is 58.1 Å². The van der Waals surface area contributed by atoms with E-state index in [1.54, 1.807) is 6.20 Å². The van der Waals surface area contributed by atoms with Gasteiger partial charge in [0.2, 0.25) is 5.91 Å². The van der Waals surface area contributed by atoms with Crippen molar-refractivity contribution in [1.29, 1.82) is 0 Å². The summed E-state index contributed by atoms with van der Waals surface area (Å²) in [4.78, 5) is 25.6. The lowest BCUT2D eigenvalue weighted by Crippen LogP contribution is -2.46. The monoisotopic (exact) mass is 266 g/mol. The standard InChI is InChI=1S/C14H22N2O3/c1-14(2,3)19-13(18)16-8-4-5-11(16)12(17)15-9-10-6-7-10/h9,11H,4-8H2,1-3H3,(H,15,17)/t11-/m0/s1. The van der Waals surface area contributed by atoms with Crippen LogP contribution in [0.1, 0.15) is 46.5 Å². The summed E-state index contributed by atoms with van der Waals surface area (Å²) in [6.45, 7) is 6.07. The van der Waals surface area contributed by atoms with Crippen molar-refractivity contribution in [1.82, 2.24) is 10.2 Å². The van der Waals surface area contributed by atoms with Crippen molar-refractivity contribution >= 4 is 12.0 Å². The number of rotatable bonds is 2. The third-order valence-corrected chi connectivity index (χ3v) is 3.14. The number of carbonyl (C=O) groups is 2. The van der Waals surface area contributed by atoms with Crippen molar-refractivity contribution in [3.05, 3.63) is 11.8 Å². The summed E-state index contributed by atoms with van der Waals surface area (Å²) < 4.78 is 5.33. The first-order valence-electron chi connectivity index (χ1n) is 6.85.